The molecule has 44 heavy (non-hydrogen) atoms. The summed E-state index contributed by atoms with van der Waals surface area (Å²) in [4.78, 5) is 59.8. The molecule has 2 saturated heterocycles. The average molecular weight is 624 g/mol. The van der Waals surface area contributed by atoms with Gasteiger partial charge in [0.1, 0.15) is 0 Å². The van der Waals surface area contributed by atoms with Gasteiger partial charge in [-0.05, 0) is 72.7 Å². The van der Waals surface area contributed by atoms with Crippen LogP contribution in [0.3, 0.4) is 0 Å². The van der Waals surface area contributed by atoms with Gasteiger partial charge in [-0.3, -0.25) is 19.2 Å². The first kappa shape index (κ1) is 27.5. The number of hydrogen-bond acceptors (Lipinski definition) is 4. The Morgan fingerprint density at radius 2 is 1.18 bits per heavy atom. The van der Waals surface area contributed by atoms with Crippen molar-refractivity contribution < 1.29 is 19.2 Å². The highest BCUT2D eigenvalue weighted by Gasteiger charge is 2.67. The van der Waals surface area contributed by atoms with Crippen LogP contribution in [0.15, 0.2) is 84.5 Å². The number of hydrogen-bond donors (Lipinski definition) is 0. The van der Waals surface area contributed by atoms with E-state index in [-0.39, 0.29) is 29.5 Å². The van der Waals surface area contributed by atoms with Crippen molar-refractivity contribution >= 4 is 63.8 Å². The van der Waals surface area contributed by atoms with E-state index in [0.29, 0.717) is 39.0 Å². The molecule has 6 aliphatic rings. The molecule has 1 saturated carbocycles. The van der Waals surface area contributed by atoms with Gasteiger partial charge in [0.15, 0.2) is 0 Å². The minimum absolute atomic E-state index is 0.241. The zero-order valence-corrected chi connectivity index (χ0v) is 25.5. The highest BCUT2D eigenvalue weighted by molar-refractivity contribution is 6.33. The van der Waals surface area contributed by atoms with E-state index < -0.39 is 35.5 Å². The first-order valence-electron chi connectivity index (χ1n) is 14.9. The monoisotopic (exact) mass is 622 g/mol. The second-order valence-corrected chi connectivity index (χ2v) is 13.3. The SMILES string of the molecule is Cc1c(Cl)cccc1N1C(=O)[C@H]2[C@@H]3C=C[C@H](C4=C(c5ccccc5)C[C@H]5C(=O)N(c6cccc(Cl)c6C)C(=O)[C@@H]5[C@@H]43)[C@H]2C1=O. The number of nitrogens with zero attached hydrogens (tertiary/aromatic N) is 2. The number of anilines is 2. The van der Waals surface area contributed by atoms with Crippen molar-refractivity contribution in [1.29, 1.82) is 0 Å². The molecule has 3 aromatic carbocycles. The second-order valence-electron chi connectivity index (χ2n) is 12.5. The number of allylic oxidation sites excluding steroid dienone is 4. The number of fused-ring (bicyclic) bond motifs is 1. The Kier molecular flexibility index (Phi) is 6.10. The minimum atomic E-state index is -0.647. The predicted octanol–water partition coefficient (Wildman–Crippen LogP) is 6.81. The van der Waals surface area contributed by atoms with Gasteiger partial charge in [-0.25, -0.2) is 9.80 Å². The summed E-state index contributed by atoms with van der Waals surface area (Å²) < 4.78 is 0. The molecule has 3 fully saturated rings. The van der Waals surface area contributed by atoms with E-state index >= 15 is 0 Å². The van der Waals surface area contributed by atoms with Crippen LogP contribution in [0.4, 0.5) is 11.4 Å². The fourth-order valence-electron chi connectivity index (χ4n) is 8.67. The third kappa shape index (κ3) is 3.55. The van der Waals surface area contributed by atoms with E-state index in [2.05, 4.69) is 6.08 Å². The summed E-state index contributed by atoms with van der Waals surface area (Å²) >= 11 is 12.9. The number of carbonyl (C=O) groups is 4. The van der Waals surface area contributed by atoms with E-state index in [1.807, 2.05) is 50.3 Å². The van der Waals surface area contributed by atoms with Crippen LogP contribution in [0.25, 0.3) is 5.57 Å². The number of benzene rings is 3. The van der Waals surface area contributed by atoms with Crippen molar-refractivity contribution in [1.82, 2.24) is 0 Å². The first-order valence-corrected chi connectivity index (χ1v) is 15.7. The third-order valence-electron chi connectivity index (χ3n) is 10.6. The number of carbonyl (C=O) groups excluding carboxylic acids is 4. The predicted molar refractivity (Wildman–Crippen MR) is 169 cm³/mol. The van der Waals surface area contributed by atoms with E-state index in [9.17, 15) is 19.2 Å². The van der Waals surface area contributed by atoms with Crippen LogP contribution in [-0.4, -0.2) is 23.6 Å². The lowest BCUT2D eigenvalue weighted by atomic mass is 9.49. The van der Waals surface area contributed by atoms with Crippen LogP contribution in [0, 0.1) is 55.3 Å². The summed E-state index contributed by atoms with van der Waals surface area (Å²) in [5.41, 5.74) is 5.31. The zero-order chi connectivity index (χ0) is 30.6. The largest absolute Gasteiger partial charge is 0.274 e. The Bertz CT molecular complexity index is 1880. The molecule has 9 rings (SSSR count). The van der Waals surface area contributed by atoms with E-state index in [0.717, 1.165) is 16.7 Å². The summed E-state index contributed by atoms with van der Waals surface area (Å²) in [6.07, 6.45) is 4.46. The lowest BCUT2D eigenvalue weighted by molar-refractivity contribution is -0.129. The van der Waals surface area contributed by atoms with Gasteiger partial charge >= 0.3 is 0 Å². The standard InChI is InChI=1S/C36H28Cl2N2O4/c1-17-24(37)10-6-12-26(17)39-33(41)23-16-22(19-8-4-3-5-9-19)28-20-14-15-21(29(28)32(23)36(39)44)31-30(20)34(42)40(35(31)43)27-13-7-11-25(38)18(27)2/h3-15,20-21,23,29-32H,16H2,1-2H3/t20-,21-,23-,29-,30-,31+,32+/m1/s1. The molecule has 0 spiro atoms. The van der Waals surface area contributed by atoms with E-state index in [1.165, 1.54) is 9.80 Å². The highest BCUT2D eigenvalue weighted by Crippen LogP contribution is 2.63. The van der Waals surface area contributed by atoms with Gasteiger partial charge in [0.2, 0.25) is 23.6 Å². The third-order valence-corrected chi connectivity index (χ3v) is 11.4. The number of rotatable bonds is 3. The molecule has 2 bridgehead atoms. The first-order chi connectivity index (χ1) is 21.2. The van der Waals surface area contributed by atoms with Gasteiger partial charge in [0, 0.05) is 21.9 Å². The molecule has 220 valence electrons. The summed E-state index contributed by atoms with van der Waals surface area (Å²) in [5.74, 6) is -4.65. The van der Waals surface area contributed by atoms with Crippen molar-refractivity contribution in [2.24, 2.45) is 41.4 Å². The smallest absolute Gasteiger partial charge is 0.238 e. The maximum atomic E-state index is 14.4. The minimum Gasteiger partial charge on any atom is -0.274 e. The van der Waals surface area contributed by atoms with Gasteiger partial charge in [-0.15, -0.1) is 0 Å². The van der Waals surface area contributed by atoms with Crippen LogP contribution in [-0.2, 0) is 19.2 Å². The Morgan fingerprint density at radius 1 is 0.614 bits per heavy atom. The van der Waals surface area contributed by atoms with Crippen molar-refractivity contribution in [2.45, 2.75) is 20.3 Å². The van der Waals surface area contributed by atoms with Crippen molar-refractivity contribution in [3.05, 3.63) is 111 Å². The van der Waals surface area contributed by atoms with Crippen LogP contribution in [0.2, 0.25) is 10.0 Å². The van der Waals surface area contributed by atoms with Gasteiger partial charge in [-0.1, -0.05) is 83.4 Å². The maximum Gasteiger partial charge on any atom is 0.238 e. The highest BCUT2D eigenvalue weighted by atomic mass is 35.5. The lowest BCUT2D eigenvalue weighted by Crippen LogP contribution is -2.51. The van der Waals surface area contributed by atoms with Crippen LogP contribution >= 0.6 is 23.2 Å². The van der Waals surface area contributed by atoms with E-state index in [4.69, 9.17) is 23.2 Å². The average Bonchev–Trinajstić information content (AvgIpc) is 3.45. The summed E-state index contributed by atoms with van der Waals surface area (Å²) in [7, 11) is 0. The van der Waals surface area contributed by atoms with Gasteiger partial charge in [0.05, 0.1) is 35.0 Å². The Hall–Kier alpha value is -4.00. The maximum absolute atomic E-state index is 14.4. The van der Waals surface area contributed by atoms with Gasteiger partial charge < -0.3 is 0 Å². The topological polar surface area (TPSA) is 74.8 Å². The molecule has 0 unspecified atom stereocenters. The second kappa shape index (κ2) is 9.75. The van der Waals surface area contributed by atoms with E-state index in [1.54, 1.807) is 36.4 Å². The molecule has 7 atom stereocenters. The van der Waals surface area contributed by atoms with Crippen molar-refractivity contribution in [3.8, 4) is 0 Å². The normalized spacial score (nSPS) is 30.3. The summed E-state index contributed by atoms with van der Waals surface area (Å²) in [6, 6.07) is 20.4. The Balaban J connectivity index is 1.30. The molecule has 4 amide bonds. The number of imide groups is 2. The number of halogens is 2. The number of amides is 4. The van der Waals surface area contributed by atoms with Crippen molar-refractivity contribution in [3.63, 3.8) is 0 Å². The van der Waals surface area contributed by atoms with Crippen molar-refractivity contribution in [2.75, 3.05) is 9.80 Å². The van der Waals surface area contributed by atoms with Gasteiger partial charge in [0.25, 0.3) is 0 Å². The fraction of sp³-hybridized carbons (Fsp3) is 0.278. The van der Waals surface area contributed by atoms with Crippen LogP contribution in [0.1, 0.15) is 23.1 Å². The molecule has 2 heterocycles. The Labute approximate surface area is 264 Å². The molecular formula is C36H28Cl2N2O4. The molecular weight excluding hydrogens is 595 g/mol. The summed E-state index contributed by atoms with van der Waals surface area (Å²) in [6.45, 7) is 3.62. The summed E-state index contributed by atoms with van der Waals surface area (Å²) in [5, 5.41) is 0.965. The molecule has 0 N–H and O–H groups in total. The van der Waals surface area contributed by atoms with Gasteiger partial charge in [-0.2, -0.15) is 0 Å². The van der Waals surface area contributed by atoms with Crippen LogP contribution < -0.4 is 9.80 Å². The quantitative estimate of drug-likeness (QED) is 0.237. The molecule has 0 aromatic heterocycles. The zero-order valence-electron chi connectivity index (χ0n) is 24.0. The molecule has 2 aliphatic heterocycles. The molecule has 4 aliphatic carbocycles. The fourth-order valence-corrected chi connectivity index (χ4v) is 9.01. The lowest BCUT2D eigenvalue weighted by Gasteiger charge is -2.51. The van der Waals surface area contributed by atoms with Crippen LogP contribution in [0.5, 0.6) is 0 Å². The molecule has 0 radical (unpaired) electrons. The molecule has 8 heteroatoms. The molecule has 6 nitrogen and oxygen atoms in total. The molecule has 3 aromatic rings. The Morgan fingerprint density at radius 3 is 1.82 bits per heavy atom.